The number of hydrogen-bond donors (Lipinski definition) is 1. The fraction of sp³-hybridized carbons (Fsp3) is 0.193. The van der Waals surface area contributed by atoms with Crippen LogP contribution in [0.15, 0.2) is 182 Å². The summed E-state index contributed by atoms with van der Waals surface area (Å²) in [5, 5.41) is 11.1. The number of hydrogen-bond acceptors (Lipinski definition) is 5. The van der Waals surface area contributed by atoms with Gasteiger partial charge in [0.1, 0.15) is 23.7 Å². The Hall–Kier alpha value is -6.10. The molecule has 0 aliphatic carbocycles. The van der Waals surface area contributed by atoms with Crippen molar-refractivity contribution in [2.45, 2.75) is 52.6 Å². The van der Waals surface area contributed by atoms with Gasteiger partial charge in [-0.25, -0.2) is 4.79 Å². The number of aromatic hydroxyl groups is 1. The second kappa shape index (κ2) is 27.8. The van der Waals surface area contributed by atoms with E-state index in [0.29, 0.717) is 29.8 Å². The monoisotopic (exact) mass is 914 g/mol. The molecule has 0 saturated carbocycles. The number of esters is 1. The number of carbonyl (C=O) groups is 1. The van der Waals surface area contributed by atoms with Crippen LogP contribution in [0.4, 0.5) is 5.69 Å². The minimum atomic E-state index is -0.572. The fourth-order valence-corrected chi connectivity index (χ4v) is 6.52. The average molecular weight is 916 g/mol. The predicted octanol–water partition coefficient (Wildman–Crippen LogP) is 14.2. The van der Waals surface area contributed by atoms with Gasteiger partial charge in [-0.15, -0.1) is 36.4 Å². The van der Waals surface area contributed by atoms with E-state index >= 15 is 0 Å². The maximum Gasteiger partial charge on any atom is 4.00 e. The standard InChI is InChI=1S/C36H41NO4.3C7H7.Zr/c1-25(2)28-17-11-18-29(26(3)4)34(28)37(5)22-13-23-40-33-21-10-9-16-30(33)31-19-12-20-32(35(31)38)36(39)41-24-27-14-7-6-8-15-27;3*1-7-5-3-2-4-6-7;/h6-12,14-21,25-26,38H,13,22-24H2,1-5H3;3*2-6H,1H2;/q;3*-1;+4. The first-order chi connectivity index (χ1) is 30.0. The molecule has 0 radical (unpaired) electrons. The van der Waals surface area contributed by atoms with Crippen LogP contribution >= 0.6 is 0 Å². The Morgan fingerprint density at radius 2 is 1.00 bits per heavy atom. The van der Waals surface area contributed by atoms with Crippen LogP contribution in [0.3, 0.4) is 0 Å². The molecule has 0 atom stereocenters. The van der Waals surface area contributed by atoms with Crippen molar-refractivity contribution in [3.05, 3.63) is 242 Å². The van der Waals surface area contributed by atoms with Gasteiger partial charge in [-0.05, 0) is 47.1 Å². The molecule has 7 aromatic rings. The molecule has 7 rings (SSSR count). The van der Waals surface area contributed by atoms with Crippen molar-refractivity contribution in [1.82, 2.24) is 0 Å². The van der Waals surface area contributed by atoms with E-state index in [-0.39, 0.29) is 44.1 Å². The summed E-state index contributed by atoms with van der Waals surface area (Å²) in [6.07, 6.45) is 0.826. The maximum absolute atomic E-state index is 12.8. The molecule has 1 N–H and O–H groups in total. The van der Waals surface area contributed by atoms with Crippen LogP contribution in [-0.4, -0.2) is 31.3 Å². The summed E-state index contributed by atoms with van der Waals surface area (Å²) >= 11 is 0. The Morgan fingerprint density at radius 1 is 0.571 bits per heavy atom. The number of ether oxygens (including phenoxy) is 2. The summed E-state index contributed by atoms with van der Waals surface area (Å²) in [5.74, 6) is 0.845. The Balaban J connectivity index is 0.000000386. The van der Waals surface area contributed by atoms with E-state index in [4.69, 9.17) is 9.47 Å². The molecule has 0 spiro atoms. The molecule has 0 amide bonds. The van der Waals surface area contributed by atoms with Crippen LogP contribution < -0.4 is 9.64 Å². The van der Waals surface area contributed by atoms with Gasteiger partial charge < -0.3 is 19.5 Å². The Kier molecular flexibility index (Phi) is 22.6. The first-order valence-corrected chi connectivity index (χ1v) is 21.2. The number of benzene rings is 7. The summed E-state index contributed by atoms with van der Waals surface area (Å²) in [4.78, 5) is 15.2. The van der Waals surface area contributed by atoms with Gasteiger partial charge in [0.05, 0.1) is 6.61 Å². The fourth-order valence-electron chi connectivity index (χ4n) is 6.52. The molecular weight excluding hydrogens is 854 g/mol. The van der Waals surface area contributed by atoms with E-state index in [2.05, 4.69) is 78.6 Å². The van der Waals surface area contributed by atoms with Crippen molar-refractivity contribution < 1.29 is 45.6 Å². The molecule has 0 bridgehead atoms. The molecule has 7 aromatic carbocycles. The molecule has 6 heteroatoms. The van der Waals surface area contributed by atoms with E-state index in [1.807, 2.05) is 146 Å². The van der Waals surface area contributed by atoms with Gasteiger partial charge in [0.2, 0.25) is 0 Å². The average Bonchev–Trinajstić information content (AvgIpc) is 3.28. The van der Waals surface area contributed by atoms with Gasteiger partial charge in [0, 0.05) is 30.4 Å². The van der Waals surface area contributed by atoms with E-state index in [9.17, 15) is 9.90 Å². The largest absolute Gasteiger partial charge is 4.00 e. The third-order valence-corrected chi connectivity index (χ3v) is 9.79. The molecule has 0 fully saturated rings. The summed E-state index contributed by atoms with van der Waals surface area (Å²) in [6, 6.07) is 58.4. The van der Waals surface area contributed by atoms with Crippen LogP contribution in [0.25, 0.3) is 11.1 Å². The van der Waals surface area contributed by atoms with Crippen LogP contribution in [0.1, 0.15) is 89.7 Å². The zero-order chi connectivity index (χ0) is 44.7. The van der Waals surface area contributed by atoms with Gasteiger partial charge in [-0.3, -0.25) is 0 Å². The van der Waals surface area contributed by atoms with Crippen LogP contribution in [-0.2, 0) is 37.5 Å². The Bertz CT molecular complexity index is 2220. The third-order valence-electron chi connectivity index (χ3n) is 9.79. The van der Waals surface area contributed by atoms with Gasteiger partial charge in [-0.2, -0.15) is 73.9 Å². The second-order valence-electron chi connectivity index (χ2n) is 15.4. The number of anilines is 1. The maximum atomic E-state index is 12.8. The van der Waals surface area contributed by atoms with Gasteiger partial charge in [0.15, 0.2) is 0 Å². The molecular formula is C57H62NO4Zr+. The number of carbonyl (C=O) groups excluding carboxylic acids is 1. The summed E-state index contributed by atoms with van der Waals surface area (Å²) in [7, 11) is 2.15. The van der Waals surface area contributed by atoms with Crippen molar-refractivity contribution in [3.8, 4) is 22.6 Å². The molecule has 322 valence electrons. The van der Waals surface area contributed by atoms with Gasteiger partial charge >= 0.3 is 32.2 Å². The van der Waals surface area contributed by atoms with Crippen molar-refractivity contribution in [2.24, 2.45) is 0 Å². The Morgan fingerprint density at radius 3 is 1.46 bits per heavy atom. The minimum Gasteiger partial charge on any atom is -0.506 e. The zero-order valence-electron chi connectivity index (χ0n) is 37.5. The second-order valence-corrected chi connectivity index (χ2v) is 15.4. The predicted molar refractivity (Wildman–Crippen MR) is 260 cm³/mol. The quantitative estimate of drug-likeness (QED) is 0.0752. The molecule has 0 heterocycles. The van der Waals surface area contributed by atoms with Crippen molar-refractivity contribution in [3.63, 3.8) is 0 Å². The normalized spacial score (nSPS) is 10.1. The smallest absolute Gasteiger partial charge is 0.506 e. The first-order valence-electron chi connectivity index (χ1n) is 21.2. The van der Waals surface area contributed by atoms with Crippen molar-refractivity contribution in [1.29, 1.82) is 0 Å². The van der Waals surface area contributed by atoms with Crippen molar-refractivity contribution in [2.75, 3.05) is 25.1 Å². The molecule has 63 heavy (non-hydrogen) atoms. The van der Waals surface area contributed by atoms with E-state index in [1.54, 1.807) is 18.2 Å². The number of phenols is 1. The summed E-state index contributed by atoms with van der Waals surface area (Å²) < 4.78 is 11.7. The summed E-state index contributed by atoms with van der Waals surface area (Å²) in [6.45, 7) is 21.6. The number of phenolic OH excluding ortho intramolecular Hbond substituents is 1. The van der Waals surface area contributed by atoms with Crippen LogP contribution in [0.2, 0.25) is 0 Å². The van der Waals surface area contributed by atoms with E-state index < -0.39 is 5.97 Å². The molecule has 0 aliphatic heterocycles. The SMILES string of the molecule is CC(C)c1cccc(C(C)C)c1N(C)CCCOc1ccccc1-c1cccc(C(=O)OCc2ccccc2)c1O.[CH2-]c1ccccc1.[CH2-]c1ccccc1.[CH2-]c1ccccc1.[Zr+4]. The minimum absolute atomic E-state index is 0. The van der Waals surface area contributed by atoms with Gasteiger partial charge in [-0.1, -0.05) is 125 Å². The molecule has 0 unspecified atom stereocenters. The first kappa shape index (κ1) is 51.3. The summed E-state index contributed by atoms with van der Waals surface area (Å²) in [5.41, 5.74) is 9.52. The Labute approximate surface area is 396 Å². The topological polar surface area (TPSA) is 59.0 Å². The van der Waals surface area contributed by atoms with Gasteiger partial charge in [0.25, 0.3) is 0 Å². The van der Waals surface area contributed by atoms with Crippen LogP contribution in [0, 0.1) is 20.8 Å². The van der Waals surface area contributed by atoms with Crippen molar-refractivity contribution >= 4 is 11.7 Å². The van der Waals surface area contributed by atoms with E-state index in [1.165, 1.54) is 16.8 Å². The number of nitrogens with zero attached hydrogens (tertiary/aromatic N) is 1. The van der Waals surface area contributed by atoms with E-state index in [0.717, 1.165) is 40.8 Å². The third kappa shape index (κ3) is 17.3. The number of para-hydroxylation sites is 3. The molecule has 0 aromatic heterocycles. The molecule has 0 aliphatic rings. The zero-order valence-corrected chi connectivity index (χ0v) is 40.0. The molecule has 0 saturated heterocycles. The molecule has 5 nitrogen and oxygen atoms in total. The van der Waals surface area contributed by atoms with Crippen LogP contribution in [0.5, 0.6) is 11.5 Å². The number of rotatable bonds is 12.